The number of ether oxygens (including phenoxy) is 2. The summed E-state index contributed by atoms with van der Waals surface area (Å²) in [5.41, 5.74) is 1.25. The molecule has 0 saturated carbocycles. The minimum absolute atomic E-state index is 0.145. The lowest BCUT2D eigenvalue weighted by Gasteiger charge is -2.16. The molecule has 2 atom stereocenters. The number of aliphatic hydroxyl groups excluding tert-OH is 1. The molecule has 4 heteroatoms. The molecule has 2 rings (SSSR count). The molecule has 0 saturated heterocycles. The summed E-state index contributed by atoms with van der Waals surface area (Å²) in [5, 5.41) is 9.71. The number of hydrogen-bond acceptors (Lipinski definition) is 4. The van der Waals surface area contributed by atoms with Gasteiger partial charge >= 0.3 is 5.97 Å². The molecule has 0 bridgehead atoms. The van der Waals surface area contributed by atoms with E-state index in [0.29, 0.717) is 5.56 Å². The molecule has 1 N–H and O–H groups in total. The fourth-order valence-corrected chi connectivity index (χ4v) is 1.72. The van der Waals surface area contributed by atoms with Gasteiger partial charge in [-0.15, -0.1) is 0 Å². The number of methoxy groups -OCH3 is 1. The highest BCUT2D eigenvalue weighted by molar-refractivity contribution is 5.94. The van der Waals surface area contributed by atoms with Crippen LogP contribution in [0.15, 0.2) is 24.3 Å². The molecule has 4 nitrogen and oxygen atoms in total. The molecule has 15 heavy (non-hydrogen) atoms. The SMILES string of the molecule is COC[C@@H](O)[C@H]1OC(=O)c2ccccc21. The second kappa shape index (κ2) is 4.00. The van der Waals surface area contributed by atoms with E-state index in [2.05, 4.69) is 0 Å². The van der Waals surface area contributed by atoms with Crippen LogP contribution >= 0.6 is 0 Å². The third-order valence-corrected chi connectivity index (χ3v) is 2.41. The van der Waals surface area contributed by atoms with Crippen LogP contribution in [0, 0.1) is 0 Å². The molecule has 0 aliphatic carbocycles. The van der Waals surface area contributed by atoms with Gasteiger partial charge < -0.3 is 14.6 Å². The van der Waals surface area contributed by atoms with Crippen molar-refractivity contribution in [3.8, 4) is 0 Å². The first kappa shape index (κ1) is 10.1. The van der Waals surface area contributed by atoms with Crippen LogP contribution in [0.1, 0.15) is 22.0 Å². The minimum Gasteiger partial charge on any atom is -0.451 e. The quantitative estimate of drug-likeness (QED) is 0.750. The maximum atomic E-state index is 11.4. The Morgan fingerprint density at radius 2 is 2.27 bits per heavy atom. The number of cyclic esters (lactones) is 1. The summed E-state index contributed by atoms with van der Waals surface area (Å²) in [6, 6.07) is 7.06. The van der Waals surface area contributed by atoms with Crippen LogP contribution in [-0.2, 0) is 9.47 Å². The molecule has 0 aromatic heterocycles. The predicted octanol–water partition coefficient (Wildman–Crippen LogP) is 0.905. The Morgan fingerprint density at radius 1 is 1.53 bits per heavy atom. The van der Waals surface area contributed by atoms with Crippen LogP contribution in [0.5, 0.6) is 0 Å². The van der Waals surface area contributed by atoms with Crippen LogP contribution in [0.3, 0.4) is 0 Å². The number of aliphatic hydroxyl groups is 1. The van der Waals surface area contributed by atoms with E-state index in [9.17, 15) is 9.90 Å². The van der Waals surface area contributed by atoms with Crippen molar-refractivity contribution in [3.63, 3.8) is 0 Å². The van der Waals surface area contributed by atoms with E-state index in [0.717, 1.165) is 5.56 Å². The summed E-state index contributed by atoms with van der Waals surface area (Å²) in [5.74, 6) is -0.384. The van der Waals surface area contributed by atoms with Gasteiger partial charge in [-0.1, -0.05) is 18.2 Å². The Labute approximate surface area is 87.4 Å². The van der Waals surface area contributed by atoms with Crippen LogP contribution in [-0.4, -0.2) is 30.9 Å². The van der Waals surface area contributed by atoms with Crippen LogP contribution in [0.25, 0.3) is 0 Å². The first-order valence-electron chi connectivity index (χ1n) is 4.71. The van der Waals surface area contributed by atoms with E-state index in [4.69, 9.17) is 9.47 Å². The van der Waals surface area contributed by atoms with E-state index in [1.807, 2.05) is 6.07 Å². The highest BCUT2D eigenvalue weighted by Gasteiger charge is 2.35. The molecule has 80 valence electrons. The van der Waals surface area contributed by atoms with E-state index in [1.165, 1.54) is 7.11 Å². The van der Waals surface area contributed by atoms with E-state index in [1.54, 1.807) is 18.2 Å². The van der Waals surface area contributed by atoms with Gasteiger partial charge in [0.2, 0.25) is 0 Å². The number of hydrogen-bond donors (Lipinski definition) is 1. The smallest absolute Gasteiger partial charge is 0.339 e. The maximum absolute atomic E-state index is 11.4. The number of carbonyl (C=O) groups is 1. The number of fused-ring (bicyclic) bond motifs is 1. The average molecular weight is 208 g/mol. The van der Waals surface area contributed by atoms with Crippen LogP contribution in [0.4, 0.5) is 0 Å². The molecule has 0 radical (unpaired) electrons. The Kier molecular flexibility index (Phi) is 2.70. The van der Waals surface area contributed by atoms with Gasteiger partial charge in [0.1, 0.15) is 6.10 Å². The number of rotatable bonds is 3. The first-order chi connectivity index (χ1) is 7.24. The molecule has 0 spiro atoms. The summed E-state index contributed by atoms with van der Waals surface area (Å²) >= 11 is 0. The van der Waals surface area contributed by atoms with Crippen molar-refractivity contribution in [1.82, 2.24) is 0 Å². The van der Waals surface area contributed by atoms with E-state index >= 15 is 0 Å². The van der Waals surface area contributed by atoms with Crippen molar-refractivity contribution in [2.45, 2.75) is 12.2 Å². The predicted molar refractivity (Wildman–Crippen MR) is 52.5 cm³/mol. The molecule has 1 aromatic carbocycles. The molecule has 0 fully saturated rings. The molecule has 1 aliphatic heterocycles. The number of benzene rings is 1. The molecule has 1 aliphatic rings. The Hall–Kier alpha value is -1.39. The van der Waals surface area contributed by atoms with Gasteiger partial charge in [0, 0.05) is 12.7 Å². The lowest BCUT2D eigenvalue weighted by atomic mass is 10.0. The van der Waals surface area contributed by atoms with Crippen molar-refractivity contribution >= 4 is 5.97 Å². The largest absolute Gasteiger partial charge is 0.451 e. The molecule has 0 unspecified atom stereocenters. The second-order valence-electron chi connectivity index (χ2n) is 3.44. The first-order valence-corrected chi connectivity index (χ1v) is 4.71. The molecule has 1 aromatic rings. The lowest BCUT2D eigenvalue weighted by Crippen LogP contribution is -2.23. The minimum atomic E-state index is -0.817. The Bertz CT molecular complexity index is 375. The fraction of sp³-hybridized carbons (Fsp3) is 0.364. The van der Waals surface area contributed by atoms with Gasteiger partial charge in [0.05, 0.1) is 12.2 Å². The van der Waals surface area contributed by atoms with Gasteiger partial charge in [0.15, 0.2) is 6.10 Å². The summed E-state index contributed by atoms with van der Waals surface area (Å²) in [6.07, 6.45) is -1.42. The van der Waals surface area contributed by atoms with Gasteiger partial charge in [-0.25, -0.2) is 4.79 Å². The van der Waals surface area contributed by atoms with E-state index in [-0.39, 0.29) is 12.6 Å². The lowest BCUT2D eigenvalue weighted by molar-refractivity contribution is -0.0379. The highest BCUT2D eigenvalue weighted by Crippen LogP contribution is 2.32. The third-order valence-electron chi connectivity index (χ3n) is 2.41. The zero-order valence-corrected chi connectivity index (χ0v) is 8.34. The van der Waals surface area contributed by atoms with Crippen molar-refractivity contribution in [2.24, 2.45) is 0 Å². The third kappa shape index (κ3) is 1.73. The number of carbonyl (C=O) groups excluding carboxylic acids is 1. The zero-order valence-electron chi connectivity index (χ0n) is 8.34. The molecule has 0 amide bonds. The molecular weight excluding hydrogens is 196 g/mol. The molecular formula is C11H12O4. The van der Waals surface area contributed by atoms with Gasteiger partial charge in [0.25, 0.3) is 0 Å². The normalized spacial score (nSPS) is 20.9. The number of esters is 1. The maximum Gasteiger partial charge on any atom is 0.339 e. The highest BCUT2D eigenvalue weighted by atomic mass is 16.6. The summed E-state index contributed by atoms with van der Waals surface area (Å²) in [7, 11) is 1.49. The molecule has 1 heterocycles. The van der Waals surface area contributed by atoms with Crippen molar-refractivity contribution in [1.29, 1.82) is 0 Å². The summed E-state index contributed by atoms with van der Waals surface area (Å²) in [6.45, 7) is 0.145. The van der Waals surface area contributed by atoms with Gasteiger partial charge in [-0.3, -0.25) is 0 Å². The standard InChI is InChI=1S/C11H12O4/c1-14-6-9(12)10-7-4-2-3-5-8(7)11(13)15-10/h2-5,9-10,12H,6H2,1H3/t9-,10+/m1/s1. The van der Waals surface area contributed by atoms with Gasteiger partial charge in [-0.05, 0) is 6.07 Å². The summed E-state index contributed by atoms with van der Waals surface area (Å²) < 4.78 is 9.90. The Morgan fingerprint density at radius 3 is 3.00 bits per heavy atom. The zero-order chi connectivity index (χ0) is 10.8. The van der Waals surface area contributed by atoms with Crippen molar-refractivity contribution in [2.75, 3.05) is 13.7 Å². The second-order valence-corrected chi connectivity index (χ2v) is 3.44. The van der Waals surface area contributed by atoms with E-state index < -0.39 is 12.2 Å². The summed E-state index contributed by atoms with van der Waals surface area (Å²) in [4.78, 5) is 11.4. The topological polar surface area (TPSA) is 55.8 Å². The van der Waals surface area contributed by atoms with Gasteiger partial charge in [-0.2, -0.15) is 0 Å². The van der Waals surface area contributed by atoms with Crippen molar-refractivity contribution in [3.05, 3.63) is 35.4 Å². The fourth-order valence-electron chi connectivity index (χ4n) is 1.72. The van der Waals surface area contributed by atoms with Crippen LogP contribution < -0.4 is 0 Å². The van der Waals surface area contributed by atoms with Crippen molar-refractivity contribution < 1.29 is 19.4 Å². The average Bonchev–Trinajstić information content (AvgIpc) is 2.58. The Balaban J connectivity index is 2.28. The monoisotopic (exact) mass is 208 g/mol. The van der Waals surface area contributed by atoms with Crippen LogP contribution in [0.2, 0.25) is 0 Å².